The minimum Gasteiger partial charge on any atom is -0.480 e. The zero-order valence-corrected chi connectivity index (χ0v) is 16.1. The Morgan fingerprint density at radius 1 is 1.22 bits per heavy atom. The van der Waals surface area contributed by atoms with Crippen LogP contribution in [0.1, 0.15) is 56.1 Å². The lowest BCUT2D eigenvalue weighted by Crippen LogP contribution is -2.59. The number of carboxylic acid groups (broad SMARTS) is 1. The Kier molecular flexibility index (Phi) is 4.97. The average molecular weight is 370 g/mol. The summed E-state index contributed by atoms with van der Waals surface area (Å²) in [6.07, 6.45) is 7.14. The number of rotatable bonds is 8. The van der Waals surface area contributed by atoms with Crippen LogP contribution in [-0.4, -0.2) is 47.1 Å². The molecule has 4 rings (SSSR count). The van der Waals surface area contributed by atoms with E-state index in [4.69, 9.17) is 0 Å². The van der Waals surface area contributed by atoms with Crippen LogP contribution >= 0.6 is 0 Å². The van der Waals surface area contributed by atoms with Gasteiger partial charge in [-0.15, -0.1) is 0 Å². The molecule has 3 aliphatic rings. The van der Waals surface area contributed by atoms with Crippen molar-refractivity contribution in [2.24, 2.45) is 5.92 Å². The van der Waals surface area contributed by atoms with E-state index < -0.39 is 5.97 Å². The number of hydrogen-bond donors (Lipinski definition) is 2. The molecule has 0 unspecified atom stereocenters. The van der Waals surface area contributed by atoms with Crippen LogP contribution in [0, 0.1) is 12.8 Å². The lowest BCUT2D eigenvalue weighted by molar-refractivity contribution is -0.140. The minimum atomic E-state index is -0.754. The van der Waals surface area contributed by atoms with Crippen LogP contribution in [0.4, 0.5) is 0 Å². The average Bonchev–Trinajstić information content (AvgIpc) is 3.34. The van der Waals surface area contributed by atoms with Gasteiger partial charge in [-0.1, -0.05) is 30.7 Å². The number of amides is 1. The molecule has 0 bridgehead atoms. The Morgan fingerprint density at radius 3 is 2.48 bits per heavy atom. The van der Waals surface area contributed by atoms with Gasteiger partial charge in [0.25, 0.3) is 0 Å². The van der Waals surface area contributed by atoms with E-state index in [0.717, 1.165) is 38.6 Å². The molecule has 2 N–H and O–H groups in total. The first kappa shape index (κ1) is 18.5. The van der Waals surface area contributed by atoms with Gasteiger partial charge in [0.15, 0.2) is 0 Å². The van der Waals surface area contributed by atoms with Gasteiger partial charge in [-0.05, 0) is 62.5 Å². The number of carbonyl (C=O) groups excluding carboxylic acids is 1. The van der Waals surface area contributed by atoms with Crippen LogP contribution in [-0.2, 0) is 15.0 Å². The first-order chi connectivity index (χ1) is 13.0. The van der Waals surface area contributed by atoms with Crippen molar-refractivity contribution < 1.29 is 14.7 Å². The van der Waals surface area contributed by atoms with Gasteiger partial charge < -0.3 is 10.4 Å². The molecular weight excluding hydrogens is 340 g/mol. The maximum absolute atomic E-state index is 13.1. The van der Waals surface area contributed by atoms with Crippen molar-refractivity contribution >= 4 is 11.9 Å². The summed E-state index contributed by atoms with van der Waals surface area (Å²) in [4.78, 5) is 26.4. The SMILES string of the molecule is Cc1ccccc1C1(C(=O)NC2CC(N(CC(=O)O)CC3CC3)C2)CCC1. The summed E-state index contributed by atoms with van der Waals surface area (Å²) < 4.78 is 0. The van der Waals surface area contributed by atoms with Crippen LogP contribution < -0.4 is 5.32 Å². The van der Waals surface area contributed by atoms with Crippen LogP contribution in [0.25, 0.3) is 0 Å². The number of aliphatic carboxylic acids is 1. The van der Waals surface area contributed by atoms with Crippen LogP contribution in [0.15, 0.2) is 24.3 Å². The third kappa shape index (κ3) is 3.75. The molecule has 146 valence electrons. The number of aryl methyl sites for hydroxylation is 1. The van der Waals surface area contributed by atoms with Crippen LogP contribution in [0.2, 0.25) is 0 Å². The molecule has 3 saturated carbocycles. The monoisotopic (exact) mass is 370 g/mol. The van der Waals surface area contributed by atoms with E-state index in [2.05, 4.69) is 29.3 Å². The summed E-state index contributed by atoms with van der Waals surface area (Å²) in [6, 6.07) is 8.71. The number of benzene rings is 1. The maximum atomic E-state index is 13.1. The van der Waals surface area contributed by atoms with Crippen LogP contribution in [0.5, 0.6) is 0 Å². The van der Waals surface area contributed by atoms with Crippen molar-refractivity contribution in [2.45, 2.75) is 69.4 Å². The van der Waals surface area contributed by atoms with Gasteiger partial charge in [0.2, 0.25) is 5.91 Å². The molecule has 5 nitrogen and oxygen atoms in total. The zero-order chi connectivity index (χ0) is 19.0. The fraction of sp³-hybridized carbons (Fsp3) is 0.636. The van der Waals surface area contributed by atoms with Gasteiger partial charge in [-0.25, -0.2) is 0 Å². The fourth-order valence-corrected chi connectivity index (χ4v) is 4.73. The Hall–Kier alpha value is -1.88. The summed E-state index contributed by atoms with van der Waals surface area (Å²) in [5.74, 6) is 0.0897. The molecule has 3 aliphatic carbocycles. The summed E-state index contributed by atoms with van der Waals surface area (Å²) in [5.41, 5.74) is 2.01. The van der Waals surface area contributed by atoms with Crippen molar-refractivity contribution in [1.82, 2.24) is 10.2 Å². The predicted octanol–water partition coefficient (Wildman–Crippen LogP) is 2.86. The summed E-state index contributed by atoms with van der Waals surface area (Å²) >= 11 is 0. The number of carboxylic acids is 1. The summed E-state index contributed by atoms with van der Waals surface area (Å²) in [5, 5.41) is 12.5. The highest BCUT2D eigenvalue weighted by molar-refractivity contribution is 5.90. The fourth-order valence-electron chi connectivity index (χ4n) is 4.73. The standard InChI is InChI=1S/C22H30N2O3/c1-15-5-2-3-6-19(15)22(9-4-10-22)21(27)23-17-11-18(12-17)24(14-20(25)26)13-16-7-8-16/h2-3,5-6,16-18H,4,7-14H2,1H3,(H,23,27)(H,25,26). The number of nitrogens with one attached hydrogen (secondary N) is 1. The zero-order valence-electron chi connectivity index (χ0n) is 16.1. The van der Waals surface area contributed by atoms with E-state index in [1.165, 1.54) is 24.0 Å². The highest BCUT2D eigenvalue weighted by Gasteiger charge is 2.48. The van der Waals surface area contributed by atoms with Crippen molar-refractivity contribution in [2.75, 3.05) is 13.1 Å². The molecule has 27 heavy (non-hydrogen) atoms. The third-order valence-corrected chi connectivity index (χ3v) is 6.80. The van der Waals surface area contributed by atoms with E-state index >= 15 is 0 Å². The first-order valence-corrected chi connectivity index (χ1v) is 10.3. The van der Waals surface area contributed by atoms with E-state index in [-0.39, 0.29) is 23.9 Å². The van der Waals surface area contributed by atoms with Gasteiger partial charge in [0, 0.05) is 18.6 Å². The molecule has 0 saturated heterocycles. The van der Waals surface area contributed by atoms with Crippen molar-refractivity contribution in [3.05, 3.63) is 35.4 Å². The number of carbonyl (C=O) groups is 2. The van der Waals surface area contributed by atoms with E-state index in [1.807, 2.05) is 12.1 Å². The second-order valence-electron chi connectivity index (χ2n) is 8.81. The molecule has 0 heterocycles. The van der Waals surface area contributed by atoms with Gasteiger partial charge in [0.05, 0.1) is 12.0 Å². The molecular formula is C22H30N2O3. The van der Waals surface area contributed by atoms with Crippen LogP contribution in [0.3, 0.4) is 0 Å². The second-order valence-corrected chi connectivity index (χ2v) is 8.81. The largest absolute Gasteiger partial charge is 0.480 e. The predicted molar refractivity (Wildman–Crippen MR) is 104 cm³/mol. The Morgan fingerprint density at radius 2 is 1.93 bits per heavy atom. The van der Waals surface area contributed by atoms with E-state index in [1.54, 1.807) is 0 Å². The van der Waals surface area contributed by atoms with Gasteiger partial charge in [0.1, 0.15) is 0 Å². The molecule has 5 heteroatoms. The maximum Gasteiger partial charge on any atom is 0.317 e. The Balaban J connectivity index is 1.35. The lowest BCUT2D eigenvalue weighted by atomic mass is 9.62. The smallest absolute Gasteiger partial charge is 0.317 e. The van der Waals surface area contributed by atoms with E-state index in [9.17, 15) is 14.7 Å². The molecule has 0 aliphatic heterocycles. The van der Waals surface area contributed by atoms with Crippen molar-refractivity contribution in [1.29, 1.82) is 0 Å². The van der Waals surface area contributed by atoms with E-state index in [0.29, 0.717) is 12.0 Å². The molecule has 1 aromatic rings. The quantitative estimate of drug-likeness (QED) is 0.738. The Bertz CT molecular complexity index is 718. The van der Waals surface area contributed by atoms with Gasteiger partial charge >= 0.3 is 5.97 Å². The molecule has 1 amide bonds. The van der Waals surface area contributed by atoms with Crippen molar-refractivity contribution in [3.8, 4) is 0 Å². The molecule has 3 fully saturated rings. The lowest BCUT2D eigenvalue weighted by Gasteiger charge is -2.46. The molecule has 1 aromatic carbocycles. The highest BCUT2D eigenvalue weighted by atomic mass is 16.4. The first-order valence-electron chi connectivity index (χ1n) is 10.3. The Labute approximate surface area is 161 Å². The van der Waals surface area contributed by atoms with Gasteiger partial charge in [-0.2, -0.15) is 0 Å². The normalized spacial score (nSPS) is 26.1. The molecule has 0 radical (unpaired) electrons. The third-order valence-electron chi connectivity index (χ3n) is 6.80. The summed E-state index contributed by atoms with van der Waals surface area (Å²) in [6.45, 7) is 3.10. The topological polar surface area (TPSA) is 69.6 Å². The number of hydrogen-bond acceptors (Lipinski definition) is 3. The highest BCUT2D eigenvalue weighted by Crippen LogP contribution is 2.45. The molecule has 0 atom stereocenters. The minimum absolute atomic E-state index is 0.120. The van der Waals surface area contributed by atoms with Gasteiger partial charge in [-0.3, -0.25) is 14.5 Å². The number of nitrogens with zero attached hydrogens (tertiary/aromatic N) is 1. The second kappa shape index (κ2) is 7.27. The molecule has 0 spiro atoms. The molecule has 0 aromatic heterocycles. The van der Waals surface area contributed by atoms with Crippen molar-refractivity contribution in [3.63, 3.8) is 0 Å². The summed E-state index contributed by atoms with van der Waals surface area (Å²) in [7, 11) is 0.